The summed E-state index contributed by atoms with van der Waals surface area (Å²) in [6.45, 7) is 2.38. The van der Waals surface area contributed by atoms with E-state index < -0.39 is 0 Å². The van der Waals surface area contributed by atoms with Crippen molar-refractivity contribution < 1.29 is 14.3 Å². The van der Waals surface area contributed by atoms with Crippen LogP contribution in [0.5, 0.6) is 5.75 Å². The van der Waals surface area contributed by atoms with Gasteiger partial charge in [0.15, 0.2) is 0 Å². The van der Waals surface area contributed by atoms with Gasteiger partial charge in [-0.05, 0) is 48.7 Å². The van der Waals surface area contributed by atoms with Crippen molar-refractivity contribution in [2.45, 2.75) is 19.4 Å². The lowest BCUT2D eigenvalue weighted by Crippen LogP contribution is -2.39. The molecule has 0 heterocycles. The first-order valence-corrected chi connectivity index (χ1v) is 10.0. The fraction of sp³-hybridized carbons (Fsp3) is 0.200. The van der Waals surface area contributed by atoms with Gasteiger partial charge in [0.05, 0.1) is 19.2 Å². The van der Waals surface area contributed by atoms with Gasteiger partial charge in [-0.3, -0.25) is 9.59 Å². The van der Waals surface area contributed by atoms with Gasteiger partial charge in [0, 0.05) is 5.56 Å². The normalized spacial score (nSPS) is 11.4. The average Bonchev–Trinajstić information content (AvgIpc) is 2.79. The van der Waals surface area contributed by atoms with Crippen molar-refractivity contribution in [2.24, 2.45) is 0 Å². The zero-order valence-electron chi connectivity index (χ0n) is 17.0. The van der Waals surface area contributed by atoms with Crippen LogP contribution in [0, 0.1) is 0 Å². The Labute approximate surface area is 177 Å². The quantitative estimate of drug-likeness (QED) is 0.570. The van der Waals surface area contributed by atoms with E-state index in [9.17, 15) is 9.59 Å². The topological polar surface area (TPSA) is 67.4 Å². The third-order valence-electron chi connectivity index (χ3n) is 4.66. The highest BCUT2D eigenvalue weighted by atomic mass is 16.5. The molecule has 3 rings (SSSR count). The predicted octanol–water partition coefficient (Wildman–Crippen LogP) is 3.92. The van der Waals surface area contributed by atoms with E-state index in [2.05, 4.69) is 10.6 Å². The van der Waals surface area contributed by atoms with Crippen LogP contribution >= 0.6 is 0 Å². The third-order valence-corrected chi connectivity index (χ3v) is 4.66. The molecule has 0 saturated carbocycles. The van der Waals surface area contributed by atoms with Crippen LogP contribution in [-0.4, -0.2) is 25.0 Å². The van der Waals surface area contributed by atoms with Gasteiger partial charge in [0.1, 0.15) is 5.75 Å². The molecular weight excluding hydrogens is 376 g/mol. The van der Waals surface area contributed by atoms with Crippen molar-refractivity contribution in [2.75, 3.05) is 13.2 Å². The molecule has 0 aliphatic rings. The second-order valence-corrected chi connectivity index (χ2v) is 6.86. The summed E-state index contributed by atoms with van der Waals surface area (Å²) < 4.78 is 5.38. The van der Waals surface area contributed by atoms with Crippen LogP contribution < -0.4 is 15.4 Å². The molecule has 3 aromatic rings. The molecule has 30 heavy (non-hydrogen) atoms. The molecule has 2 N–H and O–H groups in total. The lowest BCUT2D eigenvalue weighted by Gasteiger charge is -2.20. The van der Waals surface area contributed by atoms with E-state index in [4.69, 9.17) is 4.74 Å². The zero-order chi connectivity index (χ0) is 21.2. The molecule has 5 nitrogen and oxygen atoms in total. The molecule has 3 aromatic carbocycles. The van der Waals surface area contributed by atoms with E-state index in [1.807, 2.05) is 67.6 Å². The number of rotatable bonds is 9. The molecule has 2 amide bonds. The molecule has 0 radical (unpaired) electrons. The van der Waals surface area contributed by atoms with Crippen molar-refractivity contribution in [3.05, 3.63) is 102 Å². The van der Waals surface area contributed by atoms with E-state index in [-0.39, 0.29) is 24.4 Å². The standard InChI is InChI=1S/C25H26N2O3/c1-2-30-22-15-13-21(14-16-22)25(29)26-18-24(28)27-23(20-11-7-4-8-12-20)17-19-9-5-3-6-10-19/h3-16,23H,2,17-18H2,1H3,(H,26,29)(H,27,28). The smallest absolute Gasteiger partial charge is 0.251 e. The molecule has 0 spiro atoms. The average molecular weight is 402 g/mol. The van der Waals surface area contributed by atoms with Crippen LogP contribution in [-0.2, 0) is 11.2 Å². The number of nitrogens with one attached hydrogen (secondary N) is 2. The second-order valence-electron chi connectivity index (χ2n) is 6.86. The Balaban J connectivity index is 1.59. The second kappa shape index (κ2) is 10.8. The van der Waals surface area contributed by atoms with Gasteiger partial charge in [-0.15, -0.1) is 0 Å². The zero-order valence-corrected chi connectivity index (χ0v) is 17.0. The Morgan fingerprint density at radius 1 is 0.867 bits per heavy atom. The maximum atomic E-state index is 12.5. The first-order valence-electron chi connectivity index (χ1n) is 10.0. The van der Waals surface area contributed by atoms with Gasteiger partial charge in [-0.1, -0.05) is 60.7 Å². The van der Waals surface area contributed by atoms with E-state index in [1.54, 1.807) is 24.3 Å². The summed E-state index contributed by atoms with van der Waals surface area (Å²) in [4.78, 5) is 24.9. The monoisotopic (exact) mass is 402 g/mol. The van der Waals surface area contributed by atoms with Crippen LogP contribution in [0.2, 0.25) is 0 Å². The molecule has 0 aliphatic heterocycles. The number of amides is 2. The number of carbonyl (C=O) groups is 2. The van der Waals surface area contributed by atoms with E-state index in [1.165, 1.54) is 0 Å². The van der Waals surface area contributed by atoms with Crippen LogP contribution in [0.4, 0.5) is 0 Å². The van der Waals surface area contributed by atoms with Gasteiger partial charge in [-0.2, -0.15) is 0 Å². The Kier molecular flexibility index (Phi) is 7.61. The molecule has 5 heteroatoms. The fourth-order valence-electron chi connectivity index (χ4n) is 3.16. The maximum absolute atomic E-state index is 12.5. The maximum Gasteiger partial charge on any atom is 0.251 e. The largest absolute Gasteiger partial charge is 0.494 e. The highest BCUT2D eigenvalue weighted by Crippen LogP contribution is 2.18. The van der Waals surface area contributed by atoms with Crippen LogP contribution in [0.3, 0.4) is 0 Å². The van der Waals surface area contributed by atoms with Gasteiger partial charge in [0.25, 0.3) is 5.91 Å². The third kappa shape index (κ3) is 6.21. The molecule has 1 unspecified atom stereocenters. The molecule has 0 aromatic heterocycles. The fourth-order valence-corrected chi connectivity index (χ4v) is 3.16. The van der Waals surface area contributed by atoms with Crippen molar-refractivity contribution in [3.63, 3.8) is 0 Å². The van der Waals surface area contributed by atoms with Crippen LogP contribution in [0.15, 0.2) is 84.9 Å². The highest BCUT2D eigenvalue weighted by molar-refractivity contribution is 5.96. The summed E-state index contributed by atoms with van der Waals surface area (Å²) in [7, 11) is 0. The SMILES string of the molecule is CCOc1ccc(C(=O)NCC(=O)NC(Cc2ccccc2)c2ccccc2)cc1. The lowest BCUT2D eigenvalue weighted by atomic mass is 9.99. The Morgan fingerprint density at radius 3 is 2.13 bits per heavy atom. The molecule has 1 atom stereocenters. The van der Waals surface area contributed by atoms with E-state index in [0.717, 1.165) is 11.1 Å². The summed E-state index contributed by atoms with van der Waals surface area (Å²) in [6, 6.07) is 26.5. The van der Waals surface area contributed by atoms with E-state index in [0.29, 0.717) is 24.3 Å². The van der Waals surface area contributed by atoms with Crippen LogP contribution in [0.25, 0.3) is 0 Å². The summed E-state index contributed by atoms with van der Waals surface area (Å²) >= 11 is 0. The number of hydrogen-bond donors (Lipinski definition) is 2. The van der Waals surface area contributed by atoms with Gasteiger partial charge >= 0.3 is 0 Å². The highest BCUT2D eigenvalue weighted by Gasteiger charge is 2.16. The minimum atomic E-state index is -0.299. The van der Waals surface area contributed by atoms with Gasteiger partial charge in [0.2, 0.25) is 5.91 Å². The first-order chi connectivity index (χ1) is 14.7. The van der Waals surface area contributed by atoms with Gasteiger partial charge in [-0.25, -0.2) is 0 Å². The first kappa shape index (κ1) is 21.1. The Morgan fingerprint density at radius 2 is 1.50 bits per heavy atom. The summed E-state index contributed by atoms with van der Waals surface area (Å²) in [6.07, 6.45) is 0.670. The van der Waals surface area contributed by atoms with Crippen molar-refractivity contribution in [3.8, 4) is 5.75 Å². The number of ether oxygens (including phenoxy) is 1. The number of hydrogen-bond acceptors (Lipinski definition) is 3. The van der Waals surface area contributed by atoms with Crippen LogP contribution in [0.1, 0.15) is 34.5 Å². The number of carbonyl (C=O) groups excluding carboxylic acids is 2. The molecule has 0 saturated heterocycles. The minimum absolute atomic E-state index is 0.0931. The predicted molar refractivity (Wildman–Crippen MR) is 117 cm³/mol. The summed E-state index contributed by atoms with van der Waals surface area (Å²) in [5, 5.41) is 5.72. The van der Waals surface area contributed by atoms with Crippen molar-refractivity contribution in [1.82, 2.24) is 10.6 Å². The molecule has 0 bridgehead atoms. The summed E-state index contributed by atoms with van der Waals surface area (Å²) in [5.41, 5.74) is 2.63. The molecule has 154 valence electrons. The van der Waals surface area contributed by atoms with E-state index >= 15 is 0 Å². The molecule has 0 aliphatic carbocycles. The van der Waals surface area contributed by atoms with Crippen molar-refractivity contribution >= 4 is 11.8 Å². The Bertz CT molecular complexity index is 941. The molecule has 0 fully saturated rings. The lowest BCUT2D eigenvalue weighted by molar-refractivity contribution is -0.120. The molecular formula is C25H26N2O3. The van der Waals surface area contributed by atoms with Crippen molar-refractivity contribution in [1.29, 1.82) is 0 Å². The number of benzene rings is 3. The Hall–Kier alpha value is -3.60. The summed E-state index contributed by atoms with van der Waals surface area (Å²) in [5.74, 6) is 0.171. The minimum Gasteiger partial charge on any atom is -0.494 e. The van der Waals surface area contributed by atoms with Gasteiger partial charge < -0.3 is 15.4 Å².